The van der Waals surface area contributed by atoms with Crippen LogP contribution >= 0.6 is 24.4 Å². The van der Waals surface area contributed by atoms with E-state index >= 15 is 0 Å². The highest BCUT2D eigenvalue weighted by Crippen LogP contribution is 2.43. The zero-order chi connectivity index (χ0) is 52.0. The second-order valence-corrected chi connectivity index (χ2v) is 19.1. The molecular weight excluding hydrogens is 991 g/mol. The summed E-state index contributed by atoms with van der Waals surface area (Å²) in [5.74, 6) is -1.01. The van der Waals surface area contributed by atoms with Crippen molar-refractivity contribution >= 4 is 91.0 Å². The van der Waals surface area contributed by atoms with Crippen LogP contribution in [-0.4, -0.2) is 102 Å². The molecule has 10 rings (SSSR count). The smallest absolute Gasteiger partial charge is 0.388 e. The number of carbonyl (C=O) groups is 2. The van der Waals surface area contributed by atoms with Crippen molar-refractivity contribution < 1.29 is 55.6 Å². The van der Waals surface area contributed by atoms with Gasteiger partial charge in [0.2, 0.25) is 0 Å². The van der Waals surface area contributed by atoms with Crippen LogP contribution in [0.1, 0.15) is 62.0 Å². The molecule has 4 saturated heterocycles. The number of aliphatic hydroxyl groups is 2. The maximum Gasteiger partial charge on any atom is 0.417 e. The first kappa shape index (κ1) is 49.9. The molecule has 0 aliphatic carbocycles. The quantitative estimate of drug-likeness (QED) is 0.123. The number of benzene rings is 4. The number of rotatable bonds is 6. The monoisotopic (exact) mass is 1030 g/mol. The second kappa shape index (κ2) is 17.9. The Hall–Kier alpha value is -7.06. The maximum absolute atomic E-state index is 13.5. The van der Waals surface area contributed by atoms with Gasteiger partial charge in [0.1, 0.15) is 35.4 Å². The average molecular weight is 1030 g/mol. The van der Waals surface area contributed by atoms with Crippen LogP contribution in [0.4, 0.5) is 49.1 Å². The number of nitrogens with zero attached hydrogens (tertiary/aromatic N) is 10. The molecule has 2 amide bonds. The van der Waals surface area contributed by atoms with Crippen LogP contribution in [0.5, 0.6) is 0 Å². The van der Waals surface area contributed by atoms with E-state index in [1.807, 2.05) is 0 Å². The summed E-state index contributed by atoms with van der Waals surface area (Å²) in [6.07, 6.45) is -7.51. The van der Waals surface area contributed by atoms with Crippen LogP contribution < -0.4 is 19.6 Å². The largest absolute Gasteiger partial charge is 0.417 e. The SMILES string of the molecule is CC1(C)C(=O)N(c2ccc(C#N)c(C(F)(F)F)c2)C(=S)N1c1ccc2c(cnn2C2COCC2O)c1.CC1(C)C(=O)N(c2ccc(C#N)c(C(F)(F)F)c2)C(=S)N1c1ccc2nn(C3COCC3O)cc2c1. The molecule has 0 spiro atoms. The van der Waals surface area contributed by atoms with Gasteiger partial charge in [-0.3, -0.25) is 28.8 Å². The van der Waals surface area contributed by atoms with Crippen molar-refractivity contribution in [3.63, 3.8) is 0 Å². The van der Waals surface area contributed by atoms with E-state index in [1.54, 1.807) is 95.7 Å². The number of fused-ring (bicyclic) bond motifs is 2. The van der Waals surface area contributed by atoms with E-state index in [4.69, 9.17) is 44.4 Å². The summed E-state index contributed by atoms with van der Waals surface area (Å²) < 4.78 is 95.3. The molecule has 0 saturated carbocycles. The number of nitriles is 2. The van der Waals surface area contributed by atoms with Gasteiger partial charge >= 0.3 is 12.4 Å². The Morgan fingerprint density at radius 3 is 1.57 bits per heavy atom. The van der Waals surface area contributed by atoms with Crippen LogP contribution in [0.25, 0.3) is 21.8 Å². The van der Waals surface area contributed by atoms with Crippen LogP contribution in [0, 0.1) is 22.7 Å². The molecule has 4 unspecified atom stereocenters. The van der Waals surface area contributed by atoms with E-state index in [9.17, 15) is 46.1 Å². The highest BCUT2D eigenvalue weighted by molar-refractivity contribution is 7.81. The summed E-state index contributed by atoms with van der Waals surface area (Å²) in [7, 11) is 0. The van der Waals surface area contributed by atoms with Crippen molar-refractivity contribution in [3.05, 3.63) is 107 Å². The van der Waals surface area contributed by atoms with Crippen molar-refractivity contribution in [3.8, 4) is 12.1 Å². The van der Waals surface area contributed by atoms with Crippen molar-refractivity contribution in [1.29, 1.82) is 10.5 Å². The molecule has 0 radical (unpaired) electrons. The van der Waals surface area contributed by atoms with Gasteiger partial charge in [0, 0.05) is 28.3 Å². The highest BCUT2D eigenvalue weighted by atomic mass is 32.1. The summed E-state index contributed by atoms with van der Waals surface area (Å²) in [6, 6.07) is 19.2. The summed E-state index contributed by atoms with van der Waals surface area (Å²) >= 11 is 11.2. The Balaban J connectivity index is 0.000000178. The van der Waals surface area contributed by atoms with Crippen LogP contribution in [0.15, 0.2) is 85.2 Å². The lowest BCUT2D eigenvalue weighted by molar-refractivity contribution is -0.138. The molecule has 2 N–H and O–H groups in total. The number of anilines is 4. The molecule has 6 aromatic rings. The first-order valence-electron chi connectivity index (χ1n) is 22.0. The first-order chi connectivity index (χ1) is 33.9. The number of aromatic nitrogens is 4. The number of hydrogen-bond donors (Lipinski definition) is 2. The number of amides is 2. The Kier molecular flexibility index (Phi) is 12.4. The third-order valence-electron chi connectivity index (χ3n) is 13.0. The summed E-state index contributed by atoms with van der Waals surface area (Å²) in [5, 5.41) is 48.9. The zero-order valence-corrected chi connectivity index (χ0v) is 39.9. The fraction of sp³-hybridized carbons (Fsp3) is 0.333. The number of hydrogen-bond acceptors (Lipinski definition) is 12. The number of aliphatic hydroxyl groups excluding tert-OH is 2. The molecule has 4 atom stereocenters. The second-order valence-electron chi connectivity index (χ2n) is 18.3. The average Bonchev–Trinajstić information content (AvgIpc) is 4.18. The first-order valence-corrected chi connectivity index (χ1v) is 22.8. The Bertz CT molecular complexity index is 3190. The highest BCUT2D eigenvalue weighted by Gasteiger charge is 2.52. The van der Waals surface area contributed by atoms with Gasteiger partial charge in [-0.1, -0.05) is 0 Å². The molecule has 72 heavy (non-hydrogen) atoms. The number of alkyl halides is 6. The maximum atomic E-state index is 13.5. The van der Waals surface area contributed by atoms with Gasteiger partial charge in [-0.2, -0.15) is 47.1 Å². The fourth-order valence-corrected chi connectivity index (χ4v) is 10.3. The van der Waals surface area contributed by atoms with Crippen molar-refractivity contribution in [2.45, 2.75) is 75.4 Å². The van der Waals surface area contributed by atoms with Gasteiger partial charge < -0.3 is 29.5 Å². The number of halogens is 6. The third-order valence-corrected chi connectivity index (χ3v) is 13.7. The molecule has 2 aromatic heterocycles. The van der Waals surface area contributed by atoms with Gasteiger partial charge in [0.15, 0.2) is 10.2 Å². The molecule has 372 valence electrons. The van der Waals surface area contributed by atoms with Crippen molar-refractivity contribution in [2.75, 3.05) is 46.0 Å². The minimum absolute atomic E-state index is 0.00851. The molecule has 4 fully saturated rings. The van der Waals surface area contributed by atoms with Crippen LogP contribution in [0.3, 0.4) is 0 Å². The molecule has 16 nitrogen and oxygen atoms in total. The number of ether oxygens (including phenoxy) is 2. The van der Waals surface area contributed by atoms with Gasteiger partial charge in [0.25, 0.3) is 11.8 Å². The minimum Gasteiger partial charge on any atom is -0.388 e. The number of thiocarbonyl (C=S) groups is 2. The van der Waals surface area contributed by atoms with Gasteiger partial charge in [-0.15, -0.1) is 0 Å². The molecule has 4 aliphatic rings. The van der Waals surface area contributed by atoms with Crippen molar-refractivity contribution in [2.24, 2.45) is 0 Å². The lowest BCUT2D eigenvalue weighted by Crippen LogP contribution is -2.44. The predicted molar refractivity (Wildman–Crippen MR) is 257 cm³/mol. The Morgan fingerprint density at radius 1 is 0.653 bits per heavy atom. The minimum atomic E-state index is -4.77. The van der Waals surface area contributed by atoms with E-state index < -0.39 is 69.7 Å². The van der Waals surface area contributed by atoms with Gasteiger partial charge in [-0.25, -0.2) is 0 Å². The molecule has 4 aromatic carbocycles. The van der Waals surface area contributed by atoms with E-state index in [1.165, 1.54) is 24.3 Å². The van der Waals surface area contributed by atoms with Crippen molar-refractivity contribution in [1.82, 2.24) is 19.6 Å². The topological polar surface area (TPSA) is 189 Å². The molecule has 6 heterocycles. The van der Waals surface area contributed by atoms with Gasteiger partial charge in [0.05, 0.1) is 89.4 Å². The fourth-order valence-electron chi connectivity index (χ4n) is 9.25. The molecule has 0 bridgehead atoms. The van der Waals surface area contributed by atoms with E-state index in [0.29, 0.717) is 30.1 Å². The molecular formula is C48H40F6N10O6S2. The predicted octanol–water partition coefficient (Wildman–Crippen LogP) is 7.55. The van der Waals surface area contributed by atoms with Gasteiger partial charge in [-0.05, 0) is 125 Å². The zero-order valence-electron chi connectivity index (χ0n) is 38.3. The Labute approximate surface area is 416 Å². The number of carbonyl (C=O) groups excluding carboxylic acids is 2. The summed E-state index contributed by atoms with van der Waals surface area (Å²) in [5.41, 5.74) is -3.39. The van der Waals surface area contributed by atoms with E-state index in [2.05, 4.69) is 10.2 Å². The summed E-state index contributed by atoms with van der Waals surface area (Å²) in [4.78, 5) is 32.1. The Morgan fingerprint density at radius 2 is 1.11 bits per heavy atom. The summed E-state index contributed by atoms with van der Waals surface area (Å²) in [6.45, 7) is 7.66. The molecule has 24 heteroatoms. The normalized spacial score (nSPS) is 22.0. The lowest BCUT2D eigenvalue weighted by atomic mass is 10.0. The van der Waals surface area contributed by atoms with E-state index in [0.717, 1.165) is 50.4 Å². The van der Waals surface area contributed by atoms with Crippen LogP contribution in [0.2, 0.25) is 0 Å². The van der Waals surface area contributed by atoms with E-state index in [-0.39, 0.29) is 46.9 Å². The molecule has 4 aliphatic heterocycles. The van der Waals surface area contributed by atoms with Crippen LogP contribution in [-0.2, 0) is 31.4 Å². The lowest BCUT2D eigenvalue weighted by Gasteiger charge is -2.29. The third kappa shape index (κ3) is 8.36. The standard InChI is InChI=1S/2C24H20F3N5O3S/c1-23(2)21(34)31(15-4-3-13(9-28)17(8-15)24(25,26)27)22(36)32(23)16-5-6-18-14(7-16)10-30(29-18)19-11-35-12-20(19)33;1-23(2)21(34)30(15-4-3-13(9-28)17(8-15)24(25,26)27)22(36)31(23)16-5-6-18-14(7-16)10-29-32(18)19-11-35-12-20(19)33/h2*3-8,10,19-20,33H,11-12H2,1-2H3.